The van der Waals surface area contributed by atoms with Gasteiger partial charge in [0.2, 0.25) is 0 Å². The van der Waals surface area contributed by atoms with Crippen molar-refractivity contribution in [3.63, 3.8) is 0 Å². The highest BCUT2D eigenvalue weighted by atomic mass is 32.2. The number of hydrogen-bond acceptors (Lipinski definition) is 4. The van der Waals surface area contributed by atoms with Gasteiger partial charge in [0.1, 0.15) is 10.7 Å². The fourth-order valence-corrected chi connectivity index (χ4v) is 3.49. The Morgan fingerprint density at radius 1 is 1.24 bits per heavy atom. The number of hydrogen-bond donors (Lipinski definition) is 1. The third-order valence-electron chi connectivity index (χ3n) is 3.16. The standard InChI is InChI=1S/C15H19N3O2S/c1-4-18(13-7-5-6-12(2)10-13)21(19,20)14-8-9-15(16-3)17-11-14/h5-11H,4H2,1-3H3,(H,16,17). The second-order valence-corrected chi connectivity index (χ2v) is 6.50. The fourth-order valence-electron chi connectivity index (χ4n) is 2.08. The first-order valence-electron chi connectivity index (χ1n) is 6.72. The zero-order valence-corrected chi connectivity index (χ0v) is 13.2. The Morgan fingerprint density at radius 3 is 2.52 bits per heavy atom. The molecule has 0 amide bonds. The summed E-state index contributed by atoms with van der Waals surface area (Å²) in [6, 6.07) is 10.7. The van der Waals surface area contributed by atoms with Crippen molar-refractivity contribution in [2.45, 2.75) is 18.7 Å². The van der Waals surface area contributed by atoms with E-state index in [4.69, 9.17) is 0 Å². The highest BCUT2D eigenvalue weighted by Gasteiger charge is 2.23. The molecule has 1 aromatic heterocycles. The molecule has 2 aromatic rings. The number of rotatable bonds is 5. The van der Waals surface area contributed by atoms with Crippen LogP contribution in [0.2, 0.25) is 0 Å². The van der Waals surface area contributed by atoms with E-state index in [0.29, 0.717) is 18.1 Å². The maximum atomic E-state index is 12.7. The molecular weight excluding hydrogens is 286 g/mol. The van der Waals surface area contributed by atoms with E-state index in [0.717, 1.165) is 5.56 Å². The van der Waals surface area contributed by atoms with E-state index in [1.165, 1.54) is 10.5 Å². The number of sulfonamides is 1. The number of anilines is 2. The van der Waals surface area contributed by atoms with Crippen LogP contribution in [-0.4, -0.2) is 27.0 Å². The maximum Gasteiger partial charge on any atom is 0.265 e. The highest BCUT2D eigenvalue weighted by Crippen LogP contribution is 2.24. The summed E-state index contributed by atoms with van der Waals surface area (Å²) in [6.45, 7) is 4.11. The zero-order valence-electron chi connectivity index (χ0n) is 12.4. The Morgan fingerprint density at radius 2 is 2.00 bits per heavy atom. The van der Waals surface area contributed by atoms with Gasteiger partial charge in [-0.2, -0.15) is 0 Å². The van der Waals surface area contributed by atoms with Crippen LogP contribution in [0.25, 0.3) is 0 Å². The lowest BCUT2D eigenvalue weighted by Crippen LogP contribution is -2.30. The van der Waals surface area contributed by atoms with Crippen molar-refractivity contribution in [2.75, 3.05) is 23.2 Å². The van der Waals surface area contributed by atoms with Crippen LogP contribution in [0.4, 0.5) is 11.5 Å². The molecule has 0 atom stereocenters. The van der Waals surface area contributed by atoms with Crippen molar-refractivity contribution in [3.8, 4) is 0 Å². The zero-order chi connectivity index (χ0) is 15.5. The van der Waals surface area contributed by atoms with Gasteiger partial charge in [-0.1, -0.05) is 12.1 Å². The molecule has 0 radical (unpaired) electrons. The van der Waals surface area contributed by atoms with Crippen molar-refractivity contribution >= 4 is 21.5 Å². The first-order valence-corrected chi connectivity index (χ1v) is 8.16. The summed E-state index contributed by atoms with van der Waals surface area (Å²) in [7, 11) is -1.87. The quantitative estimate of drug-likeness (QED) is 0.922. The molecule has 1 heterocycles. The van der Waals surface area contributed by atoms with Gasteiger partial charge in [-0.05, 0) is 43.7 Å². The van der Waals surface area contributed by atoms with E-state index < -0.39 is 10.0 Å². The summed E-state index contributed by atoms with van der Waals surface area (Å²) in [6.07, 6.45) is 1.37. The smallest absolute Gasteiger partial charge is 0.265 e. The maximum absolute atomic E-state index is 12.7. The van der Waals surface area contributed by atoms with Gasteiger partial charge in [0.05, 0.1) is 5.69 Å². The van der Waals surface area contributed by atoms with Crippen LogP contribution < -0.4 is 9.62 Å². The second-order valence-electron chi connectivity index (χ2n) is 4.64. The molecule has 0 unspecified atom stereocenters. The largest absolute Gasteiger partial charge is 0.373 e. The molecule has 0 saturated carbocycles. The average molecular weight is 305 g/mol. The van der Waals surface area contributed by atoms with Crippen molar-refractivity contribution < 1.29 is 8.42 Å². The van der Waals surface area contributed by atoms with Gasteiger partial charge < -0.3 is 5.32 Å². The SMILES string of the molecule is CCN(c1cccc(C)c1)S(=O)(=O)c1ccc(NC)nc1. The Hall–Kier alpha value is -2.08. The van der Waals surface area contributed by atoms with Crippen LogP contribution in [0.3, 0.4) is 0 Å². The van der Waals surface area contributed by atoms with Gasteiger partial charge in [-0.3, -0.25) is 4.31 Å². The van der Waals surface area contributed by atoms with Crippen LogP contribution >= 0.6 is 0 Å². The third-order valence-corrected chi connectivity index (χ3v) is 5.04. The molecule has 0 bridgehead atoms. The minimum atomic E-state index is -3.60. The topological polar surface area (TPSA) is 62.3 Å². The molecule has 1 aromatic carbocycles. The molecule has 0 spiro atoms. The first kappa shape index (κ1) is 15.3. The number of nitrogens with one attached hydrogen (secondary N) is 1. The number of benzene rings is 1. The first-order chi connectivity index (χ1) is 9.98. The van der Waals surface area contributed by atoms with Gasteiger partial charge in [0, 0.05) is 19.8 Å². The molecular formula is C15H19N3O2S. The molecule has 0 aliphatic rings. The molecule has 21 heavy (non-hydrogen) atoms. The lowest BCUT2D eigenvalue weighted by Gasteiger charge is -2.23. The fraction of sp³-hybridized carbons (Fsp3) is 0.267. The van der Waals surface area contributed by atoms with E-state index >= 15 is 0 Å². The highest BCUT2D eigenvalue weighted by molar-refractivity contribution is 7.92. The summed E-state index contributed by atoms with van der Waals surface area (Å²) in [5, 5.41) is 2.87. The van der Waals surface area contributed by atoms with Crippen LogP contribution in [0, 0.1) is 6.92 Å². The predicted molar refractivity (Wildman–Crippen MR) is 85.2 cm³/mol. The van der Waals surface area contributed by atoms with E-state index in [9.17, 15) is 8.42 Å². The van der Waals surface area contributed by atoms with Crippen molar-refractivity contribution in [2.24, 2.45) is 0 Å². The monoisotopic (exact) mass is 305 g/mol. The molecule has 0 aliphatic heterocycles. The lowest BCUT2D eigenvalue weighted by atomic mass is 10.2. The Kier molecular flexibility index (Phi) is 4.47. The molecule has 0 saturated heterocycles. The summed E-state index contributed by atoms with van der Waals surface area (Å²) in [5.74, 6) is 0.632. The van der Waals surface area contributed by atoms with Crippen molar-refractivity contribution in [1.29, 1.82) is 0 Å². The normalized spacial score (nSPS) is 11.2. The molecule has 2 rings (SSSR count). The van der Waals surface area contributed by atoms with Crippen molar-refractivity contribution in [1.82, 2.24) is 4.98 Å². The Labute approximate surface area is 125 Å². The van der Waals surface area contributed by atoms with Gasteiger partial charge in [-0.15, -0.1) is 0 Å². The van der Waals surface area contributed by atoms with Gasteiger partial charge >= 0.3 is 0 Å². The number of pyridine rings is 1. The van der Waals surface area contributed by atoms with E-state index in [1.54, 1.807) is 25.2 Å². The van der Waals surface area contributed by atoms with Crippen LogP contribution in [0.15, 0.2) is 47.5 Å². The molecule has 5 nitrogen and oxygen atoms in total. The predicted octanol–water partition coefficient (Wildman–Crippen LogP) is 2.65. The number of aryl methyl sites for hydroxylation is 1. The second kappa shape index (κ2) is 6.13. The summed E-state index contributed by atoms with van der Waals surface area (Å²) >= 11 is 0. The van der Waals surface area contributed by atoms with E-state index in [-0.39, 0.29) is 4.90 Å². The number of aromatic nitrogens is 1. The number of nitrogens with zero attached hydrogens (tertiary/aromatic N) is 2. The van der Waals surface area contributed by atoms with Crippen LogP contribution in [0.1, 0.15) is 12.5 Å². The van der Waals surface area contributed by atoms with Crippen LogP contribution in [-0.2, 0) is 10.0 Å². The summed E-state index contributed by atoms with van der Waals surface area (Å²) in [4.78, 5) is 4.26. The molecule has 0 fully saturated rings. The molecule has 0 aliphatic carbocycles. The minimum Gasteiger partial charge on any atom is -0.373 e. The summed E-state index contributed by atoms with van der Waals surface area (Å²) < 4.78 is 26.9. The van der Waals surface area contributed by atoms with E-state index in [1.807, 2.05) is 32.0 Å². The Bertz CT molecular complexity index is 712. The van der Waals surface area contributed by atoms with Gasteiger partial charge in [-0.25, -0.2) is 13.4 Å². The molecule has 6 heteroatoms. The third kappa shape index (κ3) is 3.16. The minimum absolute atomic E-state index is 0.185. The Balaban J connectivity index is 2.44. The van der Waals surface area contributed by atoms with Gasteiger partial charge in [0.15, 0.2) is 0 Å². The van der Waals surface area contributed by atoms with E-state index in [2.05, 4.69) is 10.3 Å². The van der Waals surface area contributed by atoms with Crippen molar-refractivity contribution in [3.05, 3.63) is 48.2 Å². The van der Waals surface area contributed by atoms with Gasteiger partial charge in [0.25, 0.3) is 10.0 Å². The van der Waals surface area contributed by atoms with Crippen LogP contribution in [0.5, 0.6) is 0 Å². The summed E-state index contributed by atoms with van der Waals surface area (Å²) in [5.41, 5.74) is 1.68. The average Bonchev–Trinajstić information content (AvgIpc) is 2.48. The lowest BCUT2D eigenvalue weighted by molar-refractivity contribution is 0.591. The molecule has 112 valence electrons. The molecule has 1 N–H and O–H groups in total.